The van der Waals surface area contributed by atoms with Gasteiger partial charge >= 0.3 is 0 Å². The van der Waals surface area contributed by atoms with Crippen LogP contribution >= 0.6 is 0 Å². The van der Waals surface area contributed by atoms with Gasteiger partial charge in [-0.25, -0.2) is 0 Å². The molecule has 1 rings (SSSR count). The van der Waals surface area contributed by atoms with Crippen LogP contribution < -0.4 is 4.90 Å². The molecule has 1 amide bonds. The number of nitrogens with zero attached hydrogens (tertiary/aromatic N) is 3. The summed E-state index contributed by atoms with van der Waals surface area (Å²) in [4.78, 5) is 13.7. The van der Waals surface area contributed by atoms with E-state index in [9.17, 15) is 4.79 Å². The molecule has 0 saturated carbocycles. The van der Waals surface area contributed by atoms with Crippen LogP contribution in [0.5, 0.6) is 0 Å². The van der Waals surface area contributed by atoms with E-state index in [1.165, 1.54) is 0 Å². The first-order chi connectivity index (χ1) is 8.69. The average Bonchev–Trinajstić information content (AvgIpc) is 2.76. The summed E-state index contributed by atoms with van der Waals surface area (Å²) >= 11 is 0. The Balaban J connectivity index is 2.38. The van der Waals surface area contributed by atoms with Crippen LogP contribution in [0.3, 0.4) is 0 Å². The van der Waals surface area contributed by atoms with E-state index in [0.29, 0.717) is 13.2 Å². The fourth-order valence-corrected chi connectivity index (χ4v) is 1.74. The molecule has 5 heteroatoms. The molecule has 0 fully saturated rings. The zero-order valence-electron chi connectivity index (χ0n) is 11.6. The third kappa shape index (κ3) is 4.49. The van der Waals surface area contributed by atoms with Crippen molar-refractivity contribution in [2.75, 3.05) is 24.7 Å². The van der Waals surface area contributed by atoms with E-state index in [4.69, 9.17) is 4.74 Å². The SMILES string of the molecule is CCCCCOCC(=O)N(CC)c1cnn(C)c1. The van der Waals surface area contributed by atoms with Gasteiger partial charge in [0.1, 0.15) is 6.61 Å². The lowest BCUT2D eigenvalue weighted by atomic mass is 10.3. The van der Waals surface area contributed by atoms with Crippen LogP contribution in [0.1, 0.15) is 33.1 Å². The van der Waals surface area contributed by atoms with E-state index in [-0.39, 0.29) is 12.5 Å². The monoisotopic (exact) mass is 253 g/mol. The molecule has 0 aliphatic rings. The molecule has 0 aliphatic heterocycles. The van der Waals surface area contributed by atoms with Crippen LogP contribution in [0, 0.1) is 0 Å². The summed E-state index contributed by atoms with van der Waals surface area (Å²) in [7, 11) is 1.84. The Bertz CT molecular complexity index is 363. The van der Waals surface area contributed by atoms with Gasteiger partial charge in [-0.2, -0.15) is 5.10 Å². The van der Waals surface area contributed by atoms with E-state index in [1.807, 2.05) is 20.2 Å². The van der Waals surface area contributed by atoms with Crippen molar-refractivity contribution in [3.63, 3.8) is 0 Å². The first kappa shape index (κ1) is 14.7. The van der Waals surface area contributed by atoms with E-state index >= 15 is 0 Å². The van der Waals surface area contributed by atoms with Gasteiger partial charge in [0.25, 0.3) is 5.91 Å². The number of carbonyl (C=O) groups is 1. The fraction of sp³-hybridized carbons (Fsp3) is 0.692. The lowest BCUT2D eigenvalue weighted by Crippen LogP contribution is -2.33. The Morgan fingerprint density at radius 3 is 2.78 bits per heavy atom. The standard InChI is InChI=1S/C13H23N3O2/c1-4-6-7-8-18-11-13(17)16(5-2)12-9-14-15(3)10-12/h9-10H,4-8,11H2,1-3H3. The van der Waals surface area contributed by atoms with Crippen molar-refractivity contribution in [2.24, 2.45) is 7.05 Å². The van der Waals surface area contributed by atoms with Gasteiger partial charge in [0, 0.05) is 26.4 Å². The highest BCUT2D eigenvalue weighted by atomic mass is 16.5. The minimum atomic E-state index is -0.0120. The molecule has 0 N–H and O–H groups in total. The Kier molecular flexibility index (Phi) is 6.43. The van der Waals surface area contributed by atoms with Crippen LogP contribution in [0.25, 0.3) is 0 Å². The lowest BCUT2D eigenvalue weighted by Gasteiger charge is -2.18. The second-order valence-electron chi connectivity index (χ2n) is 4.27. The van der Waals surface area contributed by atoms with Gasteiger partial charge in [-0.15, -0.1) is 0 Å². The zero-order valence-corrected chi connectivity index (χ0v) is 11.6. The van der Waals surface area contributed by atoms with E-state index in [2.05, 4.69) is 12.0 Å². The predicted molar refractivity (Wildman–Crippen MR) is 71.6 cm³/mol. The molecular formula is C13H23N3O2. The van der Waals surface area contributed by atoms with Gasteiger partial charge < -0.3 is 9.64 Å². The normalized spacial score (nSPS) is 10.6. The molecule has 0 radical (unpaired) electrons. The van der Waals surface area contributed by atoms with Crippen LogP contribution in [-0.2, 0) is 16.6 Å². The summed E-state index contributed by atoms with van der Waals surface area (Å²) < 4.78 is 7.08. The van der Waals surface area contributed by atoms with Crippen LogP contribution in [0.15, 0.2) is 12.4 Å². The highest BCUT2D eigenvalue weighted by Gasteiger charge is 2.15. The number of amides is 1. The highest BCUT2D eigenvalue weighted by Crippen LogP contribution is 2.12. The Labute approximate surface area is 109 Å². The van der Waals surface area contributed by atoms with Crippen LogP contribution in [0.2, 0.25) is 0 Å². The number of hydrogen-bond acceptors (Lipinski definition) is 3. The summed E-state index contributed by atoms with van der Waals surface area (Å²) in [5.41, 5.74) is 0.821. The first-order valence-corrected chi connectivity index (χ1v) is 6.55. The number of hydrogen-bond donors (Lipinski definition) is 0. The molecule has 0 aliphatic carbocycles. The van der Waals surface area contributed by atoms with Crippen molar-refractivity contribution in [1.82, 2.24) is 9.78 Å². The molecule has 102 valence electrons. The smallest absolute Gasteiger partial charge is 0.253 e. The molecule has 1 heterocycles. The quantitative estimate of drug-likeness (QED) is 0.666. The number of likely N-dealkylation sites (N-methyl/N-ethyl adjacent to an activating group) is 1. The second-order valence-corrected chi connectivity index (χ2v) is 4.27. The molecule has 0 atom stereocenters. The molecule has 0 aromatic carbocycles. The van der Waals surface area contributed by atoms with E-state index in [1.54, 1.807) is 15.8 Å². The van der Waals surface area contributed by atoms with Gasteiger partial charge in [-0.3, -0.25) is 9.48 Å². The van der Waals surface area contributed by atoms with Crippen LogP contribution in [-0.4, -0.2) is 35.4 Å². The Hall–Kier alpha value is -1.36. The number of carbonyl (C=O) groups excluding carboxylic acids is 1. The van der Waals surface area contributed by atoms with Crippen molar-refractivity contribution in [1.29, 1.82) is 0 Å². The molecule has 0 unspecified atom stereocenters. The number of aromatic nitrogens is 2. The number of aryl methyl sites for hydroxylation is 1. The zero-order chi connectivity index (χ0) is 13.4. The molecule has 0 saturated heterocycles. The van der Waals surface area contributed by atoms with Crippen molar-refractivity contribution in [3.8, 4) is 0 Å². The minimum Gasteiger partial charge on any atom is -0.372 e. The van der Waals surface area contributed by atoms with Gasteiger partial charge in [0.15, 0.2) is 0 Å². The maximum atomic E-state index is 12.0. The number of ether oxygens (including phenoxy) is 1. The fourth-order valence-electron chi connectivity index (χ4n) is 1.74. The van der Waals surface area contributed by atoms with Gasteiger partial charge in [0.2, 0.25) is 0 Å². The summed E-state index contributed by atoms with van der Waals surface area (Å²) in [5.74, 6) is -0.0120. The third-order valence-electron chi connectivity index (χ3n) is 2.74. The molecule has 1 aromatic heterocycles. The van der Waals surface area contributed by atoms with Crippen molar-refractivity contribution >= 4 is 11.6 Å². The maximum Gasteiger partial charge on any atom is 0.253 e. The number of unbranched alkanes of at least 4 members (excludes halogenated alkanes) is 2. The van der Waals surface area contributed by atoms with Crippen molar-refractivity contribution in [2.45, 2.75) is 33.1 Å². The topological polar surface area (TPSA) is 47.4 Å². The molecule has 0 spiro atoms. The van der Waals surface area contributed by atoms with E-state index in [0.717, 1.165) is 24.9 Å². The second kappa shape index (κ2) is 7.87. The average molecular weight is 253 g/mol. The number of rotatable bonds is 8. The van der Waals surface area contributed by atoms with Gasteiger partial charge in [0.05, 0.1) is 11.9 Å². The number of anilines is 1. The minimum absolute atomic E-state index is 0.0120. The summed E-state index contributed by atoms with van der Waals surface area (Å²) in [6, 6.07) is 0. The molecule has 5 nitrogen and oxygen atoms in total. The van der Waals surface area contributed by atoms with Gasteiger partial charge in [-0.1, -0.05) is 19.8 Å². The molecular weight excluding hydrogens is 230 g/mol. The van der Waals surface area contributed by atoms with Crippen molar-refractivity contribution < 1.29 is 9.53 Å². The lowest BCUT2D eigenvalue weighted by molar-refractivity contribution is -0.123. The maximum absolute atomic E-state index is 12.0. The Morgan fingerprint density at radius 2 is 2.22 bits per heavy atom. The van der Waals surface area contributed by atoms with Crippen molar-refractivity contribution in [3.05, 3.63) is 12.4 Å². The first-order valence-electron chi connectivity index (χ1n) is 6.55. The van der Waals surface area contributed by atoms with Gasteiger partial charge in [-0.05, 0) is 13.3 Å². The predicted octanol–water partition coefficient (Wildman–Crippen LogP) is 1.98. The summed E-state index contributed by atoms with van der Waals surface area (Å²) in [6.45, 7) is 5.52. The van der Waals surface area contributed by atoms with Crippen LogP contribution in [0.4, 0.5) is 5.69 Å². The third-order valence-corrected chi connectivity index (χ3v) is 2.74. The summed E-state index contributed by atoms with van der Waals surface area (Å²) in [5, 5.41) is 4.07. The Morgan fingerprint density at radius 1 is 1.44 bits per heavy atom. The summed E-state index contributed by atoms with van der Waals surface area (Å²) in [6.07, 6.45) is 6.85. The largest absolute Gasteiger partial charge is 0.372 e. The molecule has 1 aromatic rings. The highest BCUT2D eigenvalue weighted by molar-refractivity contribution is 5.93. The van der Waals surface area contributed by atoms with E-state index < -0.39 is 0 Å². The molecule has 18 heavy (non-hydrogen) atoms. The molecule has 0 bridgehead atoms.